The van der Waals surface area contributed by atoms with Crippen LogP contribution in [-0.2, 0) is 38.4 Å². The summed E-state index contributed by atoms with van der Waals surface area (Å²) in [6.45, 7) is 11.1. The van der Waals surface area contributed by atoms with E-state index in [4.69, 9.17) is 9.57 Å². The van der Waals surface area contributed by atoms with Crippen LogP contribution >= 0.6 is 0 Å². The number of carbonyl (C=O) groups is 6. The number of ether oxygens (including phenoxy) is 1. The van der Waals surface area contributed by atoms with Crippen molar-refractivity contribution in [3.05, 3.63) is 13.2 Å². The van der Waals surface area contributed by atoms with E-state index < -0.39 is 47.3 Å². The number of nitrogens with zero attached hydrogens (tertiary/aromatic N) is 2. The first-order valence-electron chi connectivity index (χ1n) is 10.4. The van der Waals surface area contributed by atoms with Gasteiger partial charge in [-0.3, -0.25) is 24.0 Å². The van der Waals surface area contributed by atoms with Gasteiger partial charge < -0.3 is 9.57 Å². The van der Waals surface area contributed by atoms with Crippen molar-refractivity contribution in [3.8, 4) is 0 Å². The van der Waals surface area contributed by atoms with Crippen molar-refractivity contribution in [3.63, 3.8) is 0 Å². The number of hydrogen-bond donors (Lipinski definition) is 0. The van der Waals surface area contributed by atoms with Crippen LogP contribution in [0.1, 0.15) is 72.1 Å². The molecule has 2 rings (SSSR count). The van der Waals surface area contributed by atoms with Gasteiger partial charge in [-0.25, -0.2) is 9.59 Å². The summed E-state index contributed by atoms with van der Waals surface area (Å²) >= 11 is 0. The maximum Gasteiger partial charge on any atom is 0.534 e. The minimum absolute atomic E-state index is 0.0119. The standard InChI is InChI=1S/C19H26N2O9.C2H4/c1-4-19(3,17(26)29-20-13(22)7-8-14(20)23)11-5-6-12(2)28-18(27)30-21-15(24)9-10-16(21)25;1-2/h12H,4-11H2,1-3H3;1-2H2. The van der Waals surface area contributed by atoms with Crippen molar-refractivity contribution in [1.82, 2.24) is 10.1 Å². The third kappa shape index (κ3) is 6.89. The normalized spacial score (nSPS) is 18.6. The van der Waals surface area contributed by atoms with Crippen molar-refractivity contribution in [2.45, 2.75) is 78.2 Å². The van der Waals surface area contributed by atoms with E-state index in [0.717, 1.165) is 0 Å². The average Bonchev–Trinajstić information content (AvgIpc) is 3.25. The molecule has 2 unspecified atom stereocenters. The van der Waals surface area contributed by atoms with Crippen LogP contribution in [0.4, 0.5) is 4.79 Å². The molecule has 11 heteroatoms. The third-order valence-corrected chi connectivity index (χ3v) is 5.26. The first kappa shape index (κ1) is 26.8. The van der Waals surface area contributed by atoms with Crippen LogP contribution < -0.4 is 0 Å². The second-order valence-corrected chi connectivity index (χ2v) is 7.62. The number of imide groups is 2. The van der Waals surface area contributed by atoms with Crippen LogP contribution in [0.5, 0.6) is 0 Å². The fourth-order valence-corrected chi connectivity index (χ4v) is 3.03. The van der Waals surface area contributed by atoms with Crippen LogP contribution in [0.3, 0.4) is 0 Å². The Morgan fingerprint density at radius 2 is 1.38 bits per heavy atom. The minimum Gasteiger partial charge on any atom is -0.430 e. The summed E-state index contributed by atoms with van der Waals surface area (Å²) in [5.74, 6) is -2.95. The molecule has 11 nitrogen and oxygen atoms in total. The predicted octanol–water partition coefficient (Wildman–Crippen LogP) is 2.59. The van der Waals surface area contributed by atoms with Crippen LogP contribution in [0.25, 0.3) is 0 Å². The summed E-state index contributed by atoms with van der Waals surface area (Å²) in [6, 6.07) is 0. The van der Waals surface area contributed by atoms with Crippen LogP contribution in [0, 0.1) is 5.41 Å². The van der Waals surface area contributed by atoms with Crippen molar-refractivity contribution in [2.75, 3.05) is 0 Å². The Morgan fingerprint density at radius 3 is 1.81 bits per heavy atom. The van der Waals surface area contributed by atoms with E-state index in [1.165, 1.54) is 0 Å². The van der Waals surface area contributed by atoms with Crippen molar-refractivity contribution in [2.24, 2.45) is 5.41 Å². The highest BCUT2D eigenvalue weighted by molar-refractivity contribution is 6.02. The molecule has 2 atom stereocenters. The lowest BCUT2D eigenvalue weighted by atomic mass is 9.82. The molecule has 0 bridgehead atoms. The van der Waals surface area contributed by atoms with Gasteiger partial charge in [0.05, 0.1) is 5.41 Å². The number of carbonyl (C=O) groups excluding carboxylic acids is 6. The molecule has 2 aliphatic rings. The molecule has 0 radical (unpaired) electrons. The monoisotopic (exact) mass is 454 g/mol. The Morgan fingerprint density at radius 1 is 0.938 bits per heavy atom. The molecule has 0 aromatic carbocycles. The summed E-state index contributed by atoms with van der Waals surface area (Å²) < 4.78 is 5.03. The van der Waals surface area contributed by atoms with Gasteiger partial charge in [-0.15, -0.1) is 18.2 Å². The Labute approximate surface area is 186 Å². The number of hydrogen-bond acceptors (Lipinski definition) is 9. The van der Waals surface area contributed by atoms with Gasteiger partial charge in [0.15, 0.2) is 0 Å². The van der Waals surface area contributed by atoms with Gasteiger partial charge in [0, 0.05) is 25.7 Å². The molecule has 178 valence electrons. The number of amides is 4. The van der Waals surface area contributed by atoms with Crippen molar-refractivity contribution < 1.29 is 43.2 Å². The Hall–Kier alpha value is -3.24. The molecule has 2 fully saturated rings. The second-order valence-electron chi connectivity index (χ2n) is 7.62. The fourth-order valence-electron chi connectivity index (χ4n) is 3.03. The predicted molar refractivity (Wildman–Crippen MR) is 109 cm³/mol. The maximum absolute atomic E-state index is 12.5. The molecule has 0 aromatic rings. The highest BCUT2D eigenvalue weighted by atomic mass is 16.8. The third-order valence-electron chi connectivity index (χ3n) is 5.26. The van der Waals surface area contributed by atoms with Crippen LogP contribution in [-0.4, -0.2) is 52.0 Å². The van der Waals surface area contributed by atoms with Crippen LogP contribution in [0.15, 0.2) is 13.2 Å². The van der Waals surface area contributed by atoms with Gasteiger partial charge in [-0.1, -0.05) is 12.0 Å². The molecule has 0 saturated carbocycles. The largest absolute Gasteiger partial charge is 0.534 e. The van der Waals surface area contributed by atoms with E-state index in [9.17, 15) is 28.8 Å². The van der Waals surface area contributed by atoms with E-state index in [0.29, 0.717) is 35.8 Å². The van der Waals surface area contributed by atoms with E-state index in [1.54, 1.807) is 20.8 Å². The molecular weight excluding hydrogens is 424 g/mol. The van der Waals surface area contributed by atoms with Gasteiger partial charge in [0.1, 0.15) is 6.10 Å². The van der Waals surface area contributed by atoms with Gasteiger partial charge in [-0.05, 0) is 39.5 Å². The summed E-state index contributed by atoms with van der Waals surface area (Å²) in [5, 5.41) is 0.930. The van der Waals surface area contributed by atoms with E-state index >= 15 is 0 Å². The van der Waals surface area contributed by atoms with Gasteiger partial charge in [0.2, 0.25) is 0 Å². The average molecular weight is 454 g/mol. The number of rotatable bonds is 9. The Balaban J connectivity index is 0.00000249. The zero-order chi connectivity index (χ0) is 24.5. The molecule has 0 N–H and O–H groups in total. The molecular formula is C21H30N2O9. The fraction of sp³-hybridized carbons (Fsp3) is 0.619. The van der Waals surface area contributed by atoms with Gasteiger partial charge in [0.25, 0.3) is 23.6 Å². The zero-order valence-corrected chi connectivity index (χ0v) is 18.7. The van der Waals surface area contributed by atoms with Gasteiger partial charge >= 0.3 is 12.1 Å². The summed E-state index contributed by atoms with van der Waals surface area (Å²) in [7, 11) is 0. The first-order chi connectivity index (χ1) is 15.1. The Bertz CT molecular complexity index is 734. The van der Waals surface area contributed by atoms with Crippen molar-refractivity contribution in [1.29, 1.82) is 0 Å². The molecule has 2 heterocycles. The summed E-state index contributed by atoms with van der Waals surface area (Å²) in [6.07, 6.45) is -0.103. The highest BCUT2D eigenvalue weighted by Gasteiger charge is 2.39. The molecule has 4 amide bonds. The zero-order valence-electron chi connectivity index (χ0n) is 18.7. The van der Waals surface area contributed by atoms with Crippen LogP contribution in [0.2, 0.25) is 0 Å². The van der Waals surface area contributed by atoms with E-state index in [2.05, 4.69) is 18.0 Å². The smallest absolute Gasteiger partial charge is 0.430 e. The number of hydroxylamine groups is 4. The lowest BCUT2D eigenvalue weighted by molar-refractivity contribution is -0.205. The molecule has 0 aromatic heterocycles. The topological polar surface area (TPSA) is 137 Å². The SMILES string of the molecule is C=C.CCC(C)(CCCC(C)OC(=O)ON1C(=O)CCC1=O)C(=O)ON1C(=O)CCC1=O. The van der Waals surface area contributed by atoms with Gasteiger partial charge in [-0.2, -0.15) is 0 Å². The molecule has 2 saturated heterocycles. The van der Waals surface area contributed by atoms with Crippen molar-refractivity contribution >= 4 is 35.8 Å². The molecule has 0 spiro atoms. The molecule has 32 heavy (non-hydrogen) atoms. The second kappa shape index (κ2) is 12.0. The summed E-state index contributed by atoms with van der Waals surface area (Å²) in [5.41, 5.74) is -0.933. The van der Waals surface area contributed by atoms with E-state index in [-0.39, 0.29) is 25.7 Å². The maximum atomic E-state index is 12.5. The minimum atomic E-state index is -1.16. The quantitative estimate of drug-likeness (QED) is 0.292. The summed E-state index contributed by atoms with van der Waals surface area (Å²) in [4.78, 5) is 80.0. The molecule has 2 aliphatic heterocycles. The molecule has 0 aliphatic carbocycles. The highest BCUT2D eigenvalue weighted by Crippen LogP contribution is 2.31. The Kier molecular flexibility index (Phi) is 10.0. The lowest BCUT2D eigenvalue weighted by Crippen LogP contribution is -2.39. The van der Waals surface area contributed by atoms with E-state index in [1.807, 2.05) is 0 Å². The first-order valence-corrected chi connectivity index (χ1v) is 10.4. The lowest BCUT2D eigenvalue weighted by Gasteiger charge is -2.27.